The van der Waals surface area contributed by atoms with E-state index in [9.17, 15) is 35.7 Å². The van der Waals surface area contributed by atoms with Crippen LogP contribution in [0.5, 0.6) is 0 Å². The summed E-state index contributed by atoms with van der Waals surface area (Å²) < 4.78 is 17.4. The molecule has 10 nitrogen and oxygen atoms in total. The fourth-order valence-corrected chi connectivity index (χ4v) is 6.99. The second-order valence-corrected chi connectivity index (χ2v) is 11.6. The van der Waals surface area contributed by atoms with E-state index in [-0.39, 0.29) is 36.7 Å². The van der Waals surface area contributed by atoms with Crippen molar-refractivity contribution in [1.82, 2.24) is 0 Å². The topological polar surface area (TPSA) is 169 Å². The second kappa shape index (κ2) is 11.3. The van der Waals surface area contributed by atoms with Crippen molar-refractivity contribution in [1.29, 1.82) is 0 Å². The standard InChI is InChI=1S/C27H44O10/c1-12(9-28)16-7-19(30)27(3)8-17-14(11-35-4)5-6-15(17)13(2)21(31)25(20(16)27)37-26-24(34)23(33)22(32)18(10-29)36-26/h8,12-15,18-19,21-26,28-34H,5-7,9-11H2,1-4H3/b17-8-/t12-,13-,14-,15+,18-,19+,21-,22-,23+,24-,25-,26-,27+/m1/s1. The monoisotopic (exact) mass is 528 g/mol. The van der Waals surface area contributed by atoms with E-state index in [2.05, 4.69) is 6.08 Å². The third-order valence-electron chi connectivity index (χ3n) is 9.36. The van der Waals surface area contributed by atoms with E-state index >= 15 is 0 Å². The molecule has 1 saturated heterocycles. The molecular formula is C27H44O10. The van der Waals surface area contributed by atoms with Crippen LogP contribution in [0.4, 0.5) is 0 Å². The lowest BCUT2D eigenvalue weighted by Gasteiger charge is -2.46. The highest BCUT2D eigenvalue weighted by molar-refractivity contribution is 5.43. The molecule has 7 N–H and O–H groups in total. The Bertz CT molecular complexity index is 873. The number of ether oxygens (including phenoxy) is 3. The first-order valence-electron chi connectivity index (χ1n) is 13.4. The number of methoxy groups -OCH3 is 1. The van der Waals surface area contributed by atoms with Crippen LogP contribution in [-0.2, 0) is 14.2 Å². The van der Waals surface area contributed by atoms with Crippen molar-refractivity contribution in [2.24, 2.45) is 29.1 Å². The number of hydrogen-bond acceptors (Lipinski definition) is 10. The molecule has 0 radical (unpaired) electrons. The SMILES string of the molecule is COC[C@H]1CC[C@@H]2/C1=C\[C@]1(C)C(=C([C@H](C)CO)C[C@@H]1O)[C@@H](O[C@H]1O[C@H](CO)[C@@H](O)[C@H](O)[C@H]1O)[C@H](O)[C@@H]2C. The molecule has 4 rings (SSSR count). The summed E-state index contributed by atoms with van der Waals surface area (Å²) in [5.74, 6) is -0.386. The fourth-order valence-electron chi connectivity index (χ4n) is 6.99. The van der Waals surface area contributed by atoms with Gasteiger partial charge in [0, 0.05) is 31.0 Å². The van der Waals surface area contributed by atoms with Crippen LogP contribution in [0.25, 0.3) is 0 Å². The Balaban J connectivity index is 1.83. The Hall–Kier alpha value is -0.920. The van der Waals surface area contributed by atoms with Crippen molar-refractivity contribution in [3.05, 3.63) is 22.8 Å². The van der Waals surface area contributed by atoms with Gasteiger partial charge in [0.25, 0.3) is 0 Å². The van der Waals surface area contributed by atoms with Crippen molar-refractivity contribution in [3.8, 4) is 0 Å². The summed E-state index contributed by atoms with van der Waals surface area (Å²) in [6.45, 7) is 5.48. The molecule has 0 aromatic rings. The van der Waals surface area contributed by atoms with Crippen LogP contribution in [0.1, 0.15) is 40.0 Å². The molecule has 3 aliphatic carbocycles. The zero-order valence-electron chi connectivity index (χ0n) is 22.1. The molecule has 0 unspecified atom stereocenters. The molecule has 0 bridgehead atoms. The molecule has 0 aromatic carbocycles. The van der Waals surface area contributed by atoms with Gasteiger partial charge in [-0.2, -0.15) is 0 Å². The molecule has 1 heterocycles. The first-order chi connectivity index (χ1) is 17.5. The lowest BCUT2D eigenvalue weighted by Crippen LogP contribution is -2.60. The Morgan fingerprint density at radius 2 is 1.76 bits per heavy atom. The minimum absolute atomic E-state index is 0.0286. The fraction of sp³-hybridized carbons (Fsp3) is 0.852. The third kappa shape index (κ3) is 4.95. The van der Waals surface area contributed by atoms with Crippen LogP contribution in [0.3, 0.4) is 0 Å². The predicted molar refractivity (Wildman–Crippen MR) is 132 cm³/mol. The van der Waals surface area contributed by atoms with E-state index in [1.165, 1.54) is 0 Å². The van der Waals surface area contributed by atoms with Gasteiger partial charge in [-0.05, 0) is 43.6 Å². The van der Waals surface area contributed by atoms with Gasteiger partial charge in [-0.25, -0.2) is 0 Å². The molecule has 10 heteroatoms. The Morgan fingerprint density at radius 1 is 1.05 bits per heavy atom. The van der Waals surface area contributed by atoms with Gasteiger partial charge in [0.2, 0.25) is 0 Å². The van der Waals surface area contributed by atoms with Gasteiger partial charge in [-0.3, -0.25) is 0 Å². The largest absolute Gasteiger partial charge is 0.396 e. The van der Waals surface area contributed by atoms with Crippen molar-refractivity contribution < 1.29 is 50.0 Å². The normalized spacial score (nSPS) is 48.6. The number of fused-ring (bicyclic) bond motifs is 2. The van der Waals surface area contributed by atoms with Gasteiger partial charge >= 0.3 is 0 Å². The number of aliphatic hydroxyl groups excluding tert-OH is 7. The second-order valence-electron chi connectivity index (χ2n) is 11.6. The van der Waals surface area contributed by atoms with E-state index in [4.69, 9.17) is 14.2 Å². The summed E-state index contributed by atoms with van der Waals surface area (Å²) in [4.78, 5) is 0. The summed E-state index contributed by atoms with van der Waals surface area (Å²) in [5.41, 5.74) is 1.63. The van der Waals surface area contributed by atoms with Gasteiger partial charge < -0.3 is 50.0 Å². The van der Waals surface area contributed by atoms with Gasteiger partial charge in [0.05, 0.1) is 25.4 Å². The van der Waals surface area contributed by atoms with Gasteiger partial charge in [-0.15, -0.1) is 0 Å². The van der Waals surface area contributed by atoms with Gasteiger partial charge in [0.15, 0.2) is 6.29 Å². The minimum atomic E-state index is -1.63. The van der Waals surface area contributed by atoms with Crippen LogP contribution in [0.2, 0.25) is 0 Å². The number of aliphatic hydroxyl groups is 7. The smallest absolute Gasteiger partial charge is 0.187 e. The van der Waals surface area contributed by atoms with Crippen molar-refractivity contribution in [2.75, 3.05) is 26.9 Å². The van der Waals surface area contributed by atoms with Crippen LogP contribution >= 0.6 is 0 Å². The molecule has 212 valence electrons. The summed E-state index contributed by atoms with van der Waals surface area (Å²) >= 11 is 0. The Morgan fingerprint density at radius 3 is 2.38 bits per heavy atom. The lowest BCUT2D eigenvalue weighted by atomic mass is 9.68. The Labute approximate surface area is 218 Å². The minimum Gasteiger partial charge on any atom is -0.396 e. The van der Waals surface area contributed by atoms with E-state index in [1.54, 1.807) is 7.11 Å². The number of rotatable bonds is 7. The van der Waals surface area contributed by atoms with Crippen LogP contribution < -0.4 is 0 Å². The first-order valence-corrected chi connectivity index (χ1v) is 13.4. The van der Waals surface area contributed by atoms with Crippen LogP contribution in [0.15, 0.2) is 22.8 Å². The van der Waals surface area contributed by atoms with E-state index in [1.807, 2.05) is 20.8 Å². The zero-order chi connectivity index (χ0) is 27.2. The highest BCUT2D eigenvalue weighted by Gasteiger charge is 2.55. The quantitative estimate of drug-likeness (QED) is 0.213. The van der Waals surface area contributed by atoms with Crippen LogP contribution in [0, 0.1) is 29.1 Å². The third-order valence-corrected chi connectivity index (χ3v) is 9.36. The molecule has 13 atom stereocenters. The summed E-state index contributed by atoms with van der Waals surface area (Å²) in [6.07, 6.45) is -6.21. The highest BCUT2D eigenvalue weighted by Crippen LogP contribution is 2.55. The van der Waals surface area contributed by atoms with Gasteiger partial charge in [-0.1, -0.05) is 31.1 Å². The zero-order valence-corrected chi connectivity index (χ0v) is 22.1. The molecule has 0 aromatic heterocycles. The maximum atomic E-state index is 11.8. The predicted octanol–water partition coefficient (Wildman–Crippen LogP) is -0.523. The van der Waals surface area contributed by atoms with E-state index in [0.29, 0.717) is 12.2 Å². The maximum Gasteiger partial charge on any atom is 0.187 e. The molecular weight excluding hydrogens is 484 g/mol. The lowest BCUT2D eigenvalue weighted by molar-refractivity contribution is -0.315. The van der Waals surface area contributed by atoms with E-state index < -0.39 is 61.0 Å². The molecule has 4 aliphatic rings. The van der Waals surface area contributed by atoms with Crippen molar-refractivity contribution in [3.63, 3.8) is 0 Å². The molecule has 37 heavy (non-hydrogen) atoms. The molecule has 0 spiro atoms. The summed E-state index contributed by atoms with van der Waals surface area (Å²) in [6, 6.07) is 0. The highest BCUT2D eigenvalue weighted by atomic mass is 16.7. The summed E-state index contributed by atoms with van der Waals surface area (Å²) in [7, 11) is 1.66. The first kappa shape index (κ1) is 29.1. The molecule has 2 fully saturated rings. The molecule has 1 saturated carbocycles. The van der Waals surface area contributed by atoms with Gasteiger partial charge in [0.1, 0.15) is 30.5 Å². The van der Waals surface area contributed by atoms with Crippen molar-refractivity contribution in [2.45, 2.75) is 89.1 Å². The van der Waals surface area contributed by atoms with Crippen LogP contribution in [-0.4, -0.2) is 112 Å². The number of hydrogen-bond donors (Lipinski definition) is 7. The summed E-state index contributed by atoms with van der Waals surface area (Å²) in [5, 5.41) is 74.2. The Kier molecular flexibility index (Phi) is 8.87. The van der Waals surface area contributed by atoms with Crippen molar-refractivity contribution >= 4 is 0 Å². The molecule has 1 aliphatic heterocycles. The average Bonchev–Trinajstić information content (AvgIpc) is 3.38. The molecule has 0 amide bonds. The van der Waals surface area contributed by atoms with E-state index in [0.717, 1.165) is 24.0 Å². The average molecular weight is 529 g/mol. The maximum absolute atomic E-state index is 11.8.